The van der Waals surface area contributed by atoms with Gasteiger partial charge in [-0.3, -0.25) is 4.72 Å². The maximum atomic E-state index is 11.2. The molecule has 27 heavy (non-hydrogen) atoms. The van der Waals surface area contributed by atoms with Crippen molar-refractivity contribution in [2.45, 2.75) is 90.5 Å². The van der Waals surface area contributed by atoms with E-state index < -0.39 is 10.0 Å². The Morgan fingerprint density at radius 1 is 0.852 bits per heavy atom. The highest BCUT2D eigenvalue weighted by atomic mass is 32.2. The van der Waals surface area contributed by atoms with Gasteiger partial charge in [0.1, 0.15) is 0 Å². The van der Waals surface area contributed by atoms with Crippen LogP contribution in [0.5, 0.6) is 0 Å². The number of nitrogens with one attached hydrogen (secondary N) is 2. The molecule has 0 bridgehead atoms. The number of benzene rings is 1. The van der Waals surface area contributed by atoms with E-state index in [0.29, 0.717) is 11.7 Å². The highest BCUT2D eigenvalue weighted by Crippen LogP contribution is 2.14. The predicted molar refractivity (Wildman–Crippen MR) is 118 cm³/mol. The molecule has 0 aromatic heterocycles. The maximum absolute atomic E-state index is 11.2. The molecular weight excluding hydrogens is 356 g/mol. The molecule has 0 saturated heterocycles. The van der Waals surface area contributed by atoms with Gasteiger partial charge in [0.25, 0.3) is 0 Å². The number of hydrogen-bond acceptors (Lipinski definition) is 3. The van der Waals surface area contributed by atoms with Gasteiger partial charge < -0.3 is 5.32 Å². The lowest BCUT2D eigenvalue weighted by atomic mass is 10.0. The molecule has 4 nitrogen and oxygen atoms in total. The fourth-order valence-corrected chi connectivity index (χ4v) is 3.89. The molecule has 1 rings (SSSR count). The summed E-state index contributed by atoms with van der Waals surface area (Å²) in [6, 6.07) is 8.39. The van der Waals surface area contributed by atoms with Gasteiger partial charge in [0, 0.05) is 11.7 Å². The van der Waals surface area contributed by atoms with Crippen molar-refractivity contribution in [2.75, 3.05) is 17.5 Å². The first-order valence-electron chi connectivity index (χ1n) is 10.7. The van der Waals surface area contributed by atoms with Crippen LogP contribution in [0.1, 0.15) is 83.6 Å². The average molecular weight is 397 g/mol. The molecule has 5 heteroatoms. The van der Waals surface area contributed by atoms with E-state index in [1.54, 1.807) is 0 Å². The highest BCUT2D eigenvalue weighted by molar-refractivity contribution is 7.92. The van der Waals surface area contributed by atoms with Gasteiger partial charge in [0.15, 0.2) is 0 Å². The third kappa shape index (κ3) is 12.9. The second-order valence-electron chi connectivity index (χ2n) is 7.67. The average Bonchev–Trinajstić information content (AvgIpc) is 2.62. The summed E-state index contributed by atoms with van der Waals surface area (Å²) >= 11 is 0. The van der Waals surface area contributed by atoms with Crippen LogP contribution in [0.25, 0.3) is 0 Å². The van der Waals surface area contributed by atoms with Crippen molar-refractivity contribution >= 4 is 15.7 Å². The molecule has 2 N–H and O–H groups in total. The molecule has 1 unspecified atom stereocenters. The van der Waals surface area contributed by atoms with Gasteiger partial charge in [-0.05, 0) is 56.3 Å². The molecule has 0 spiro atoms. The topological polar surface area (TPSA) is 58.2 Å². The number of sulfonamides is 1. The largest absolute Gasteiger partial charge is 0.314 e. The van der Waals surface area contributed by atoms with Gasteiger partial charge in [-0.15, -0.1) is 0 Å². The van der Waals surface area contributed by atoms with E-state index in [2.05, 4.69) is 23.9 Å². The van der Waals surface area contributed by atoms with E-state index in [1.807, 2.05) is 24.3 Å². The van der Waals surface area contributed by atoms with E-state index in [9.17, 15) is 8.42 Å². The minimum Gasteiger partial charge on any atom is -0.314 e. The number of hydrogen-bond donors (Lipinski definition) is 2. The summed E-state index contributed by atoms with van der Waals surface area (Å²) in [5.41, 5.74) is 1.89. The molecule has 0 heterocycles. The van der Waals surface area contributed by atoms with Crippen LogP contribution in [0.15, 0.2) is 24.3 Å². The number of unbranched alkanes of at least 4 members (excludes halogenated alkanes) is 5. The van der Waals surface area contributed by atoms with Crippen molar-refractivity contribution in [2.24, 2.45) is 0 Å². The molecule has 1 aromatic carbocycles. The zero-order valence-corrected chi connectivity index (χ0v) is 18.4. The van der Waals surface area contributed by atoms with Crippen molar-refractivity contribution < 1.29 is 8.42 Å². The first kappa shape index (κ1) is 24.0. The van der Waals surface area contributed by atoms with Gasteiger partial charge in [-0.2, -0.15) is 0 Å². The fraction of sp³-hybridized carbons (Fsp3) is 0.727. The first-order chi connectivity index (χ1) is 12.9. The van der Waals surface area contributed by atoms with Gasteiger partial charge in [0.2, 0.25) is 10.0 Å². The Hall–Kier alpha value is -1.07. The van der Waals surface area contributed by atoms with E-state index >= 15 is 0 Å². The summed E-state index contributed by atoms with van der Waals surface area (Å²) in [6.07, 6.45) is 15.1. The molecule has 0 aliphatic rings. The molecule has 156 valence electrons. The lowest BCUT2D eigenvalue weighted by Gasteiger charge is -2.18. The van der Waals surface area contributed by atoms with Crippen LogP contribution in [0, 0.1) is 0 Å². The van der Waals surface area contributed by atoms with Crippen molar-refractivity contribution in [1.29, 1.82) is 0 Å². The van der Waals surface area contributed by atoms with Crippen molar-refractivity contribution in [3.05, 3.63) is 29.8 Å². The SMILES string of the molecule is CCCCCCC(CCCC)NCCCCc1ccc(NS(C)(=O)=O)cc1. The van der Waals surface area contributed by atoms with Crippen molar-refractivity contribution in [3.63, 3.8) is 0 Å². The van der Waals surface area contributed by atoms with Crippen LogP contribution < -0.4 is 10.0 Å². The standard InChI is InChI=1S/C22H40N2O2S/c1-4-6-8-9-14-21(13-7-5-2)23-19-11-10-12-20-15-17-22(18-16-20)24-27(3,25)26/h15-18,21,23-24H,4-14,19H2,1-3H3. The van der Waals surface area contributed by atoms with E-state index in [-0.39, 0.29) is 0 Å². The molecule has 0 aliphatic carbocycles. The van der Waals surface area contributed by atoms with Crippen LogP contribution >= 0.6 is 0 Å². The van der Waals surface area contributed by atoms with Crippen molar-refractivity contribution in [1.82, 2.24) is 5.32 Å². The lowest BCUT2D eigenvalue weighted by molar-refractivity contribution is 0.416. The molecule has 1 aromatic rings. The monoisotopic (exact) mass is 396 g/mol. The Morgan fingerprint density at radius 3 is 2.15 bits per heavy atom. The Labute approximate surface area is 167 Å². The number of aryl methyl sites for hydroxylation is 1. The quantitative estimate of drug-likeness (QED) is 0.363. The Kier molecular flexibility index (Phi) is 12.4. The third-order valence-corrected chi connectivity index (χ3v) is 5.50. The second-order valence-corrected chi connectivity index (χ2v) is 9.42. The number of rotatable bonds is 16. The zero-order chi connectivity index (χ0) is 20.0. The van der Waals surface area contributed by atoms with Gasteiger partial charge in [0.05, 0.1) is 6.26 Å². The normalized spacial score (nSPS) is 12.9. The van der Waals surface area contributed by atoms with Crippen molar-refractivity contribution in [3.8, 4) is 0 Å². The Morgan fingerprint density at radius 2 is 1.52 bits per heavy atom. The molecular formula is C22H40N2O2S. The summed E-state index contributed by atoms with van der Waals surface area (Å²) in [5.74, 6) is 0. The summed E-state index contributed by atoms with van der Waals surface area (Å²) < 4.78 is 25.0. The second kappa shape index (κ2) is 14.0. The van der Waals surface area contributed by atoms with Crippen LogP contribution in [0.4, 0.5) is 5.69 Å². The minimum atomic E-state index is -3.20. The van der Waals surface area contributed by atoms with Gasteiger partial charge >= 0.3 is 0 Å². The smallest absolute Gasteiger partial charge is 0.229 e. The van der Waals surface area contributed by atoms with E-state index in [4.69, 9.17) is 0 Å². The van der Waals surface area contributed by atoms with Crippen LogP contribution in [0.2, 0.25) is 0 Å². The fourth-order valence-electron chi connectivity index (χ4n) is 3.33. The summed E-state index contributed by atoms with van der Waals surface area (Å²) in [7, 11) is -3.20. The lowest BCUT2D eigenvalue weighted by Crippen LogP contribution is -2.30. The van der Waals surface area contributed by atoms with Crippen LogP contribution in [-0.4, -0.2) is 27.3 Å². The number of anilines is 1. The molecule has 0 aliphatic heterocycles. The maximum Gasteiger partial charge on any atom is 0.229 e. The molecule has 0 radical (unpaired) electrons. The Bertz CT molecular complexity index is 585. The predicted octanol–water partition coefficient (Wildman–Crippen LogP) is 5.50. The Balaban J connectivity index is 2.24. The molecule has 0 amide bonds. The zero-order valence-electron chi connectivity index (χ0n) is 17.6. The molecule has 0 saturated carbocycles. The summed E-state index contributed by atoms with van der Waals surface area (Å²) in [5, 5.41) is 3.78. The third-order valence-electron chi connectivity index (χ3n) is 4.89. The van der Waals surface area contributed by atoms with Gasteiger partial charge in [-0.1, -0.05) is 64.5 Å². The van der Waals surface area contributed by atoms with Crippen LogP contribution in [0.3, 0.4) is 0 Å². The summed E-state index contributed by atoms with van der Waals surface area (Å²) in [6.45, 7) is 5.63. The highest BCUT2D eigenvalue weighted by Gasteiger charge is 2.07. The minimum absolute atomic E-state index is 0.629. The van der Waals surface area contributed by atoms with E-state index in [0.717, 1.165) is 19.4 Å². The van der Waals surface area contributed by atoms with E-state index in [1.165, 1.54) is 69.6 Å². The summed E-state index contributed by atoms with van der Waals surface area (Å²) in [4.78, 5) is 0. The molecule has 0 fully saturated rings. The first-order valence-corrected chi connectivity index (χ1v) is 12.6. The van der Waals surface area contributed by atoms with Gasteiger partial charge in [-0.25, -0.2) is 8.42 Å². The molecule has 1 atom stereocenters. The van der Waals surface area contributed by atoms with Crippen LogP contribution in [-0.2, 0) is 16.4 Å².